The van der Waals surface area contributed by atoms with Crippen molar-refractivity contribution >= 4 is 0 Å². The standard InChI is InChI=1S/C42H77NO2/c1-4-6-8-10-12-14-16-18-20-22-24-26-28-30-32-34-36-44-40-42(39-43-38-41(43)3)45-37-35-33-31-29-27-25-23-21-19-17-15-13-11-9-7-5-2/h12-15,18-21,41-42H,4-11,16-17,22-40H2,1-3H3/b14-12-,15-13-,20-18-,21-19-. The second-order valence-electron chi connectivity index (χ2n) is 13.5. The first-order chi connectivity index (χ1) is 22.3. The lowest BCUT2D eigenvalue weighted by molar-refractivity contribution is -0.0246. The summed E-state index contributed by atoms with van der Waals surface area (Å²) in [5.41, 5.74) is 0. The first-order valence-electron chi connectivity index (χ1n) is 19.8. The van der Waals surface area contributed by atoms with Crippen LogP contribution in [0.2, 0.25) is 0 Å². The third kappa shape index (κ3) is 31.2. The Morgan fingerprint density at radius 1 is 0.533 bits per heavy atom. The van der Waals surface area contributed by atoms with Crippen LogP contribution in [-0.2, 0) is 9.47 Å². The largest absolute Gasteiger partial charge is 0.379 e. The van der Waals surface area contributed by atoms with Gasteiger partial charge in [-0.1, -0.05) is 140 Å². The Labute approximate surface area is 282 Å². The molecule has 3 atom stereocenters. The van der Waals surface area contributed by atoms with E-state index in [-0.39, 0.29) is 6.10 Å². The van der Waals surface area contributed by atoms with Gasteiger partial charge in [0.15, 0.2) is 0 Å². The van der Waals surface area contributed by atoms with Gasteiger partial charge in [0.1, 0.15) is 0 Å². The van der Waals surface area contributed by atoms with Crippen molar-refractivity contribution in [2.75, 3.05) is 32.9 Å². The summed E-state index contributed by atoms with van der Waals surface area (Å²) in [5, 5.41) is 0. The summed E-state index contributed by atoms with van der Waals surface area (Å²) in [7, 11) is 0. The van der Waals surface area contributed by atoms with E-state index in [2.05, 4.69) is 74.3 Å². The predicted molar refractivity (Wildman–Crippen MR) is 200 cm³/mol. The highest BCUT2D eigenvalue weighted by atomic mass is 16.5. The molecular formula is C42H77NO2. The molecule has 0 aromatic rings. The van der Waals surface area contributed by atoms with Gasteiger partial charge >= 0.3 is 0 Å². The molecular weight excluding hydrogens is 550 g/mol. The molecule has 0 bridgehead atoms. The van der Waals surface area contributed by atoms with Crippen LogP contribution in [0.1, 0.15) is 175 Å². The van der Waals surface area contributed by atoms with E-state index < -0.39 is 0 Å². The Morgan fingerprint density at radius 2 is 0.933 bits per heavy atom. The normalized spacial score (nSPS) is 17.6. The number of hydrogen-bond acceptors (Lipinski definition) is 3. The lowest BCUT2D eigenvalue weighted by Crippen LogP contribution is -2.29. The van der Waals surface area contributed by atoms with Crippen molar-refractivity contribution < 1.29 is 9.47 Å². The molecule has 262 valence electrons. The van der Waals surface area contributed by atoms with Crippen LogP contribution in [0.5, 0.6) is 0 Å². The zero-order valence-corrected chi connectivity index (χ0v) is 30.5. The van der Waals surface area contributed by atoms with E-state index >= 15 is 0 Å². The molecule has 3 unspecified atom stereocenters. The molecule has 0 aromatic heterocycles. The zero-order chi connectivity index (χ0) is 32.3. The molecule has 0 radical (unpaired) electrons. The van der Waals surface area contributed by atoms with E-state index in [0.29, 0.717) is 0 Å². The van der Waals surface area contributed by atoms with Crippen molar-refractivity contribution in [1.29, 1.82) is 0 Å². The Morgan fingerprint density at radius 3 is 1.38 bits per heavy atom. The molecule has 0 aliphatic carbocycles. The van der Waals surface area contributed by atoms with Crippen molar-refractivity contribution in [3.8, 4) is 0 Å². The van der Waals surface area contributed by atoms with Gasteiger partial charge < -0.3 is 9.47 Å². The van der Waals surface area contributed by atoms with Gasteiger partial charge in [0.05, 0.1) is 12.7 Å². The second-order valence-corrected chi connectivity index (χ2v) is 13.5. The van der Waals surface area contributed by atoms with Crippen molar-refractivity contribution in [3.05, 3.63) is 48.6 Å². The van der Waals surface area contributed by atoms with E-state index in [4.69, 9.17) is 9.47 Å². The smallest absolute Gasteiger partial charge is 0.0935 e. The number of allylic oxidation sites excluding steroid dienone is 8. The molecule has 1 saturated heterocycles. The fourth-order valence-electron chi connectivity index (χ4n) is 5.71. The highest BCUT2D eigenvalue weighted by molar-refractivity contribution is 4.93. The summed E-state index contributed by atoms with van der Waals surface area (Å²) >= 11 is 0. The van der Waals surface area contributed by atoms with Crippen molar-refractivity contribution in [1.82, 2.24) is 4.90 Å². The summed E-state index contributed by atoms with van der Waals surface area (Å²) in [6.45, 7) is 11.6. The summed E-state index contributed by atoms with van der Waals surface area (Å²) < 4.78 is 12.4. The summed E-state index contributed by atoms with van der Waals surface area (Å²) in [6, 6.07) is 0.727. The van der Waals surface area contributed by atoms with Crippen molar-refractivity contribution in [2.45, 2.75) is 187 Å². The van der Waals surface area contributed by atoms with Gasteiger partial charge in [0.2, 0.25) is 0 Å². The molecule has 3 heteroatoms. The fourth-order valence-corrected chi connectivity index (χ4v) is 5.71. The zero-order valence-electron chi connectivity index (χ0n) is 30.5. The first-order valence-corrected chi connectivity index (χ1v) is 19.8. The second kappa shape index (κ2) is 34.2. The molecule has 45 heavy (non-hydrogen) atoms. The van der Waals surface area contributed by atoms with Gasteiger partial charge in [0.25, 0.3) is 0 Å². The highest BCUT2D eigenvalue weighted by Crippen LogP contribution is 2.18. The van der Waals surface area contributed by atoms with E-state index in [9.17, 15) is 0 Å². The molecule has 0 amide bonds. The molecule has 1 aliphatic heterocycles. The van der Waals surface area contributed by atoms with Crippen LogP contribution in [0.3, 0.4) is 0 Å². The maximum Gasteiger partial charge on any atom is 0.0935 e. The molecule has 0 saturated carbocycles. The summed E-state index contributed by atoms with van der Waals surface area (Å²) in [4.78, 5) is 2.51. The van der Waals surface area contributed by atoms with Gasteiger partial charge in [0, 0.05) is 32.3 Å². The summed E-state index contributed by atoms with van der Waals surface area (Å²) in [5.74, 6) is 0. The quantitative estimate of drug-likeness (QED) is 0.0396. The Hall–Kier alpha value is -1.16. The van der Waals surface area contributed by atoms with Crippen molar-refractivity contribution in [3.63, 3.8) is 0 Å². The highest BCUT2D eigenvalue weighted by Gasteiger charge is 2.31. The van der Waals surface area contributed by atoms with E-state index in [1.165, 1.54) is 148 Å². The van der Waals surface area contributed by atoms with Gasteiger partial charge in [-0.15, -0.1) is 0 Å². The molecule has 1 aliphatic rings. The lowest BCUT2D eigenvalue weighted by atomic mass is 10.1. The maximum absolute atomic E-state index is 6.30. The first kappa shape index (κ1) is 41.9. The number of hydrogen-bond donors (Lipinski definition) is 0. The van der Waals surface area contributed by atoms with Crippen LogP contribution in [0.15, 0.2) is 48.6 Å². The van der Waals surface area contributed by atoms with Crippen LogP contribution in [0.25, 0.3) is 0 Å². The average Bonchev–Trinajstić information content (AvgIpc) is 3.75. The third-order valence-electron chi connectivity index (χ3n) is 8.92. The van der Waals surface area contributed by atoms with Gasteiger partial charge in [-0.25, -0.2) is 0 Å². The molecule has 0 spiro atoms. The fraction of sp³-hybridized carbons (Fsp3) is 0.810. The van der Waals surface area contributed by atoms with Crippen LogP contribution < -0.4 is 0 Å². The van der Waals surface area contributed by atoms with Crippen LogP contribution in [-0.4, -0.2) is 50.0 Å². The number of rotatable bonds is 35. The SMILES string of the molecule is CCCCC/C=C\C/C=C\CCCCCCCCOCC(CN1CC1C)OCCCCCCCC/C=C\C/C=C\CCCCC. The minimum atomic E-state index is 0.234. The van der Waals surface area contributed by atoms with E-state index in [0.717, 1.165) is 45.2 Å². The number of nitrogens with zero attached hydrogens (tertiary/aromatic N) is 1. The minimum absolute atomic E-state index is 0.234. The van der Waals surface area contributed by atoms with E-state index in [1.54, 1.807) is 0 Å². The van der Waals surface area contributed by atoms with Gasteiger partial charge in [-0.3, -0.25) is 4.90 Å². The van der Waals surface area contributed by atoms with Crippen LogP contribution >= 0.6 is 0 Å². The molecule has 3 nitrogen and oxygen atoms in total. The molecule has 1 heterocycles. The van der Waals surface area contributed by atoms with Crippen LogP contribution in [0.4, 0.5) is 0 Å². The third-order valence-corrected chi connectivity index (χ3v) is 8.92. The van der Waals surface area contributed by atoms with Gasteiger partial charge in [-0.05, 0) is 84.0 Å². The maximum atomic E-state index is 6.30. The monoisotopic (exact) mass is 628 g/mol. The summed E-state index contributed by atoms with van der Waals surface area (Å²) in [6.07, 6.45) is 49.9. The molecule has 1 fully saturated rings. The minimum Gasteiger partial charge on any atom is -0.379 e. The predicted octanol–water partition coefficient (Wildman–Crippen LogP) is 12.7. The Kier molecular flexibility index (Phi) is 31.8. The number of unbranched alkanes of at least 4 members (excludes halogenated alkanes) is 18. The topological polar surface area (TPSA) is 21.5 Å². The van der Waals surface area contributed by atoms with Crippen molar-refractivity contribution in [2.24, 2.45) is 0 Å². The Bertz CT molecular complexity index is 711. The lowest BCUT2D eigenvalue weighted by Gasteiger charge is -2.19. The molecule has 0 aromatic carbocycles. The van der Waals surface area contributed by atoms with Crippen LogP contribution in [0, 0.1) is 0 Å². The Balaban J connectivity index is 1.92. The number of ether oxygens (including phenoxy) is 2. The molecule has 1 rings (SSSR count). The van der Waals surface area contributed by atoms with Gasteiger partial charge in [-0.2, -0.15) is 0 Å². The van der Waals surface area contributed by atoms with E-state index in [1.807, 2.05) is 0 Å². The molecule has 0 N–H and O–H groups in total. The average molecular weight is 628 g/mol.